The van der Waals surface area contributed by atoms with E-state index in [1.54, 1.807) is 30.0 Å². The molecule has 0 aliphatic heterocycles. The predicted molar refractivity (Wildman–Crippen MR) is 80.0 cm³/mol. The van der Waals surface area contributed by atoms with Crippen molar-refractivity contribution < 1.29 is 8.42 Å². The molecule has 7 heteroatoms. The van der Waals surface area contributed by atoms with Gasteiger partial charge in [0.1, 0.15) is 0 Å². The number of thioether (sulfide) groups is 1. The maximum absolute atomic E-state index is 12.1. The zero-order valence-corrected chi connectivity index (χ0v) is 14.2. The predicted octanol–water partition coefficient (Wildman–Crippen LogP) is 3.24. The van der Waals surface area contributed by atoms with Crippen LogP contribution in [-0.2, 0) is 10.0 Å². The van der Waals surface area contributed by atoms with Gasteiger partial charge in [0.25, 0.3) is 0 Å². The van der Waals surface area contributed by atoms with Crippen molar-refractivity contribution in [3.05, 3.63) is 27.1 Å². The van der Waals surface area contributed by atoms with Crippen LogP contribution in [0.3, 0.4) is 0 Å². The van der Waals surface area contributed by atoms with Crippen molar-refractivity contribution in [3.8, 4) is 0 Å². The van der Waals surface area contributed by atoms with Crippen LogP contribution < -0.4 is 4.72 Å². The summed E-state index contributed by atoms with van der Waals surface area (Å²) in [6.45, 7) is 1.85. The molecule has 0 fully saturated rings. The van der Waals surface area contributed by atoms with E-state index in [4.69, 9.17) is 0 Å². The van der Waals surface area contributed by atoms with Gasteiger partial charge in [0.05, 0.1) is 4.90 Å². The lowest BCUT2D eigenvalue weighted by molar-refractivity contribution is 0.570. The highest BCUT2D eigenvalue weighted by molar-refractivity contribution is 9.11. The van der Waals surface area contributed by atoms with Crippen molar-refractivity contribution >= 4 is 53.6 Å². The number of benzene rings is 1. The smallest absolute Gasteiger partial charge is 0.207 e. The van der Waals surface area contributed by atoms with Gasteiger partial charge < -0.3 is 0 Å². The SMILES string of the molecule is CSCC(C)NS(=O)(=O)c1cc(Br)ccc1Br. The van der Waals surface area contributed by atoms with Crippen molar-refractivity contribution in [2.24, 2.45) is 0 Å². The van der Waals surface area contributed by atoms with Crippen molar-refractivity contribution in [1.82, 2.24) is 4.72 Å². The summed E-state index contributed by atoms with van der Waals surface area (Å²) in [6.07, 6.45) is 1.94. The fraction of sp³-hybridized carbons (Fsp3) is 0.400. The number of rotatable bonds is 5. The summed E-state index contributed by atoms with van der Waals surface area (Å²) in [5.41, 5.74) is 0. The number of hydrogen-bond donors (Lipinski definition) is 1. The fourth-order valence-electron chi connectivity index (χ4n) is 1.30. The quantitative estimate of drug-likeness (QED) is 0.822. The first-order valence-electron chi connectivity index (χ1n) is 4.83. The van der Waals surface area contributed by atoms with Crippen LogP contribution in [0.1, 0.15) is 6.92 Å². The van der Waals surface area contributed by atoms with Gasteiger partial charge >= 0.3 is 0 Å². The van der Waals surface area contributed by atoms with E-state index < -0.39 is 10.0 Å². The molecule has 1 unspecified atom stereocenters. The highest BCUT2D eigenvalue weighted by atomic mass is 79.9. The molecule has 0 bridgehead atoms. The number of hydrogen-bond acceptors (Lipinski definition) is 3. The molecular formula is C10H13Br2NO2S2. The molecule has 1 aromatic carbocycles. The van der Waals surface area contributed by atoms with Gasteiger partial charge in [0.2, 0.25) is 10.0 Å². The van der Waals surface area contributed by atoms with E-state index >= 15 is 0 Å². The maximum atomic E-state index is 12.1. The third-order valence-electron chi connectivity index (χ3n) is 1.96. The standard InChI is InChI=1S/C10H13Br2NO2S2/c1-7(6-16-2)13-17(14,15)10-5-8(11)3-4-9(10)12/h3-5,7,13H,6H2,1-2H3. The molecule has 96 valence electrons. The Labute approximate surface area is 123 Å². The van der Waals surface area contributed by atoms with Crippen LogP contribution in [0.5, 0.6) is 0 Å². The minimum absolute atomic E-state index is 0.0964. The van der Waals surface area contributed by atoms with E-state index in [1.165, 1.54) is 0 Å². The topological polar surface area (TPSA) is 46.2 Å². The minimum Gasteiger partial charge on any atom is -0.207 e. The zero-order chi connectivity index (χ0) is 13.1. The molecule has 0 saturated carbocycles. The summed E-state index contributed by atoms with van der Waals surface area (Å²) in [6, 6.07) is 4.98. The van der Waals surface area contributed by atoms with Crippen molar-refractivity contribution in [2.45, 2.75) is 17.9 Å². The Bertz CT molecular complexity index is 491. The van der Waals surface area contributed by atoms with Crippen LogP contribution in [-0.4, -0.2) is 26.5 Å². The molecule has 1 N–H and O–H groups in total. The molecule has 17 heavy (non-hydrogen) atoms. The van der Waals surface area contributed by atoms with Crippen LogP contribution in [0.25, 0.3) is 0 Å². The van der Waals surface area contributed by atoms with Gasteiger partial charge in [-0.1, -0.05) is 15.9 Å². The summed E-state index contributed by atoms with van der Waals surface area (Å²) in [5.74, 6) is 0.741. The van der Waals surface area contributed by atoms with Crippen LogP contribution >= 0.6 is 43.6 Å². The van der Waals surface area contributed by atoms with Gasteiger partial charge in [-0.05, 0) is 47.3 Å². The average Bonchev–Trinajstić information content (AvgIpc) is 2.21. The number of nitrogens with one attached hydrogen (secondary N) is 1. The van der Waals surface area contributed by atoms with Gasteiger partial charge in [0.15, 0.2) is 0 Å². The zero-order valence-electron chi connectivity index (χ0n) is 9.41. The van der Waals surface area contributed by atoms with E-state index in [0.717, 1.165) is 10.2 Å². The molecule has 0 saturated heterocycles. The lowest BCUT2D eigenvalue weighted by Gasteiger charge is -2.14. The van der Waals surface area contributed by atoms with Crippen LogP contribution in [0.2, 0.25) is 0 Å². The molecule has 0 spiro atoms. The lowest BCUT2D eigenvalue weighted by atomic mass is 10.4. The molecule has 1 aromatic rings. The van der Waals surface area contributed by atoms with Gasteiger partial charge in [-0.2, -0.15) is 11.8 Å². The summed E-state index contributed by atoms with van der Waals surface area (Å²) >= 11 is 8.12. The Morgan fingerprint density at radius 1 is 1.41 bits per heavy atom. The molecular weight excluding hydrogens is 390 g/mol. The Balaban J connectivity index is 3.01. The first-order chi connectivity index (χ1) is 7.86. The highest BCUT2D eigenvalue weighted by Gasteiger charge is 2.20. The molecule has 0 aliphatic carbocycles. The van der Waals surface area contributed by atoms with Crippen molar-refractivity contribution in [3.63, 3.8) is 0 Å². The summed E-state index contributed by atoms with van der Waals surface area (Å²) in [5, 5.41) is 0. The third kappa shape index (κ3) is 4.55. The molecule has 0 radical (unpaired) electrons. The molecule has 1 atom stereocenters. The highest BCUT2D eigenvalue weighted by Crippen LogP contribution is 2.25. The molecule has 0 aromatic heterocycles. The van der Waals surface area contributed by atoms with Gasteiger partial charge in [-0.15, -0.1) is 0 Å². The molecule has 3 nitrogen and oxygen atoms in total. The largest absolute Gasteiger partial charge is 0.241 e. The van der Waals surface area contributed by atoms with E-state index in [0.29, 0.717) is 4.47 Å². The van der Waals surface area contributed by atoms with Crippen molar-refractivity contribution in [2.75, 3.05) is 12.0 Å². The Kier molecular flexibility index (Phi) is 5.98. The maximum Gasteiger partial charge on any atom is 0.241 e. The van der Waals surface area contributed by atoms with Gasteiger partial charge in [-0.25, -0.2) is 13.1 Å². The normalized spacial score (nSPS) is 13.6. The van der Waals surface area contributed by atoms with Gasteiger partial charge in [0, 0.05) is 20.7 Å². The Morgan fingerprint density at radius 2 is 2.06 bits per heavy atom. The first-order valence-corrected chi connectivity index (χ1v) is 9.29. The third-order valence-corrected chi connectivity index (χ3v) is 5.87. The molecule has 0 aliphatic rings. The summed E-state index contributed by atoms with van der Waals surface area (Å²) < 4.78 is 28.2. The lowest BCUT2D eigenvalue weighted by Crippen LogP contribution is -2.34. The van der Waals surface area contributed by atoms with E-state index in [-0.39, 0.29) is 10.9 Å². The first kappa shape index (κ1) is 15.5. The van der Waals surface area contributed by atoms with E-state index in [9.17, 15) is 8.42 Å². The fourth-order valence-corrected chi connectivity index (χ4v) is 4.73. The second-order valence-corrected chi connectivity index (χ2v) is 7.92. The van der Waals surface area contributed by atoms with Crippen LogP contribution in [0.4, 0.5) is 0 Å². The Morgan fingerprint density at radius 3 is 2.65 bits per heavy atom. The van der Waals surface area contributed by atoms with E-state index in [2.05, 4.69) is 36.6 Å². The van der Waals surface area contributed by atoms with Crippen LogP contribution in [0.15, 0.2) is 32.0 Å². The molecule has 1 rings (SSSR count). The second-order valence-electron chi connectivity index (χ2n) is 3.55. The minimum atomic E-state index is -3.48. The second kappa shape index (κ2) is 6.56. The van der Waals surface area contributed by atoms with Gasteiger partial charge in [-0.3, -0.25) is 0 Å². The average molecular weight is 403 g/mol. The Hall–Kier alpha value is 0.440. The van der Waals surface area contributed by atoms with Crippen molar-refractivity contribution in [1.29, 1.82) is 0 Å². The molecule has 0 heterocycles. The summed E-state index contributed by atoms with van der Waals surface area (Å²) in [4.78, 5) is 0.250. The van der Waals surface area contributed by atoms with E-state index in [1.807, 2.05) is 13.2 Å². The van der Waals surface area contributed by atoms with Crippen LogP contribution in [0, 0.1) is 0 Å². The number of sulfonamides is 1. The monoisotopic (exact) mass is 401 g/mol. The number of halogens is 2. The summed E-state index contributed by atoms with van der Waals surface area (Å²) in [7, 11) is -3.48. The molecule has 0 amide bonds.